The predicted octanol–water partition coefficient (Wildman–Crippen LogP) is 0.542. The maximum absolute atomic E-state index is 10.1. The molecular formula is C6H11NO5. The van der Waals surface area contributed by atoms with Crippen molar-refractivity contribution in [2.45, 2.75) is 13.3 Å². The van der Waals surface area contributed by atoms with Gasteiger partial charge in [-0.15, -0.1) is 4.91 Å². The Balaban J connectivity index is 0. The number of carboxylic acid groups (broad SMARTS) is 1. The second-order valence-electron chi connectivity index (χ2n) is 1.79. The highest BCUT2D eigenvalue weighted by Gasteiger charge is 1.96. The van der Waals surface area contributed by atoms with Crippen LogP contribution < -0.4 is 0 Å². The first-order chi connectivity index (χ1) is 5.59. The molecule has 0 bridgehead atoms. The fourth-order valence-electron chi connectivity index (χ4n) is 0.368. The van der Waals surface area contributed by atoms with Crippen molar-refractivity contribution in [3.63, 3.8) is 0 Å². The summed E-state index contributed by atoms with van der Waals surface area (Å²) in [6, 6.07) is 0. The van der Waals surface area contributed by atoms with Crippen LogP contribution in [0.2, 0.25) is 0 Å². The number of nitrogens with zero attached hydrogens (tertiary/aromatic N) is 1. The van der Waals surface area contributed by atoms with Crippen LogP contribution in [0.1, 0.15) is 13.3 Å². The molecule has 0 saturated carbocycles. The fraction of sp³-hybridized carbons (Fsp3) is 0.500. The number of aliphatic hydroxyl groups excluding tert-OH is 1. The van der Waals surface area contributed by atoms with Gasteiger partial charge in [-0.05, 0) is 13.3 Å². The average molecular weight is 177 g/mol. The Morgan fingerprint density at radius 3 is 2.25 bits per heavy atom. The topological polar surface area (TPSA) is 107 Å². The number of rotatable bonds is 3. The molecule has 0 spiro atoms. The molecule has 0 aliphatic rings. The van der Waals surface area contributed by atoms with Gasteiger partial charge in [-0.1, -0.05) is 6.08 Å². The van der Waals surface area contributed by atoms with E-state index in [2.05, 4.69) is 0 Å². The molecule has 0 atom stereocenters. The molecule has 0 saturated heterocycles. The van der Waals surface area contributed by atoms with E-state index in [0.29, 0.717) is 6.42 Å². The normalized spacial score (nSPS) is 9.67. The Morgan fingerprint density at radius 2 is 2.00 bits per heavy atom. The zero-order valence-corrected chi connectivity index (χ0v) is 6.60. The second-order valence-corrected chi connectivity index (χ2v) is 1.79. The fourth-order valence-corrected chi connectivity index (χ4v) is 0.368. The van der Waals surface area contributed by atoms with Gasteiger partial charge in [0.05, 0.1) is 0 Å². The van der Waals surface area contributed by atoms with Crippen molar-refractivity contribution >= 4 is 5.97 Å². The summed E-state index contributed by atoms with van der Waals surface area (Å²) in [5.74, 6) is -0.927. The molecule has 0 rings (SSSR count). The van der Waals surface area contributed by atoms with Crippen molar-refractivity contribution in [3.05, 3.63) is 16.6 Å². The lowest BCUT2D eigenvalue weighted by molar-refractivity contribution is -0.132. The van der Waals surface area contributed by atoms with E-state index in [1.165, 1.54) is 18.3 Å². The van der Waals surface area contributed by atoms with Crippen LogP contribution in [-0.2, 0) is 4.79 Å². The molecule has 0 unspecified atom stereocenters. The molecule has 0 amide bonds. The molecule has 0 aromatic rings. The molecule has 0 radical (unpaired) electrons. The number of aliphatic carboxylic acids is 1. The van der Waals surface area contributed by atoms with Gasteiger partial charge in [0.15, 0.2) is 5.34 Å². The standard InChI is InChI=1S/C6H10O3.HNO2/c1-5(6(8)9)3-2-4-7;2-1-3/h3,7H,2,4H2,1H3,(H,8,9);(H,2,3). The van der Waals surface area contributed by atoms with Gasteiger partial charge < -0.3 is 15.4 Å². The molecule has 0 aliphatic heterocycles. The summed E-state index contributed by atoms with van der Waals surface area (Å²) < 4.78 is 0. The van der Waals surface area contributed by atoms with Crippen LogP contribution in [0.15, 0.2) is 17.0 Å². The number of carbonyl (C=O) groups is 1. The summed E-state index contributed by atoms with van der Waals surface area (Å²) in [6.45, 7) is 1.50. The minimum atomic E-state index is -0.927. The summed E-state index contributed by atoms with van der Waals surface area (Å²) in [4.78, 5) is 18.2. The van der Waals surface area contributed by atoms with Gasteiger partial charge >= 0.3 is 5.97 Å². The van der Waals surface area contributed by atoms with Crippen LogP contribution in [0.25, 0.3) is 0 Å². The van der Waals surface area contributed by atoms with Gasteiger partial charge in [0.2, 0.25) is 0 Å². The van der Waals surface area contributed by atoms with Crippen molar-refractivity contribution in [3.8, 4) is 0 Å². The first kappa shape index (κ1) is 13.2. The Labute approximate surface area is 69.1 Å². The lowest BCUT2D eigenvalue weighted by Crippen LogP contribution is -1.95. The highest BCUT2D eigenvalue weighted by atomic mass is 16.6. The van der Waals surface area contributed by atoms with E-state index in [-0.39, 0.29) is 12.2 Å². The summed E-state index contributed by atoms with van der Waals surface area (Å²) in [5.41, 5.74) is 0.282. The van der Waals surface area contributed by atoms with E-state index in [1.54, 1.807) is 0 Å². The molecule has 0 fully saturated rings. The Bertz CT molecular complexity index is 165. The highest BCUT2D eigenvalue weighted by Crippen LogP contribution is 1.93. The Kier molecular flexibility index (Phi) is 10.5. The molecule has 6 nitrogen and oxygen atoms in total. The Hall–Kier alpha value is -1.43. The summed E-state index contributed by atoms with van der Waals surface area (Å²) in [7, 11) is 0. The van der Waals surface area contributed by atoms with E-state index in [9.17, 15) is 4.79 Å². The van der Waals surface area contributed by atoms with Crippen LogP contribution in [0.5, 0.6) is 0 Å². The van der Waals surface area contributed by atoms with Crippen LogP contribution >= 0.6 is 0 Å². The average Bonchev–Trinajstić information content (AvgIpc) is 2.01. The molecule has 0 aromatic heterocycles. The van der Waals surface area contributed by atoms with Crippen molar-refractivity contribution in [2.75, 3.05) is 6.61 Å². The van der Waals surface area contributed by atoms with E-state index in [4.69, 9.17) is 20.3 Å². The predicted molar refractivity (Wildman–Crippen MR) is 40.7 cm³/mol. The molecule has 70 valence electrons. The highest BCUT2D eigenvalue weighted by molar-refractivity contribution is 5.85. The third-order valence-electron chi connectivity index (χ3n) is 0.917. The molecule has 6 heteroatoms. The molecule has 12 heavy (non-hydrogen) atoms. The van der Waals surface area contributed by atoms with E-state index in [1.807, 2.05) is 0 Å². The van der Waals surface area contributed by atoms with Crippen molar-refractivity contribution in [1.82, 2.24) is 0 Å². The van der Waals surface area contributed by atoms with Crippen molar-refractivity contribution < 1.29 is 20.2 Å². The van der Waals surface area contributed by atoms with E-state index < -0.39 is 5.97 Å². The first-order valence-corrected chi connectivity index (χ1v) is 3.07. The number of hydrogen-bond donors (Lipinski definition) is 3. The van der Waals surface area contributed by atoms with Crippen LogP contribution in [0, 0.1) is 4.91 Å². The third-order valence-corrected chi connectivity index (χ3v) is 0.917. The first-order valence-electron chi connectivity index (χ1n) is 3.07. The minimum Gasteiger partial charge on any atom is -0.478 e. The quantitative estimate of drug-likeness (QED) is 0.331. The SMILES string of the molecule is CC(=CCCO)C(=O)O.O=NO. The summed E-state index contributed by atoms with van der Waals surface area (Å²) in [5, 5.41) is 24.4. The van der Waals surface area contributed by atoms with Crippen LogP contribution in [-0.4, -0.2) is 28.0 Å². The molecule has 3 N–H and O–H groups in total. The largest absolute Gasteiger partial charge is 0.478 e. The summed E-state index contributed by atoms with van der Waals surface area (Å²) in [6.07, 6.45) is 1.90. The Morgan fingerprint density at radius 1 is 1.58 bits per heavy atom. The number of hydrogen-bond acceptors (Lipinski definition) is 4. The van der Waals surface area contributed by atoms with Gasteiger partial charge in [0, 0.05) is 12.2 Å². The zero-order valence-electron chi connectivity index (χ0n) is 6.60. The summed E-state index contributed by atoms with van der Waals surface area (Å²) >= 11 is 0. The lowest BCUT2D eigenvalue weighted by Gasteiger charge is -1.89. The van der Waals surface area contributed by atoms with Gasteiger partial charge in [-0.25, -0.2) is 4.79 Å². The maximum atomic E-state index is 10.1. The van der Waals surface area contributed by atoms with Gasteiger partial charge in [0.25, 0.3) is 0 Å². The maximum Gasteiger partial charge on any atom is 0.330 e. The molecule has 0 aliphatic carbocycles. The van der Waals surface area contributed by atoms with Gasteiger partial charge in [-0.3, -0.25) is 0 Å². The lowest BCUT2D eigenvalue weighted by atomic mass is 10.2. The third kappa shape index (κ3) is 11.4. The molecule has 0 aromatic carbocycles. The molecule has 0 heterocycles. The van der Waals surface area contributed by atoms with Crippen LogP contribution in [0.3, 0.4) is 0 Å². The van der Waals surface area contributed by atoms with Crippen LogP contribution in [0.4, 0.5) is 0 Å². The van der Waals surface area contributed by atoms with Crippen molar-refractivity contribution in [1.29, 1.82) is 0 Å². The van der Waals surface area contributed by atoms with E-state index in [0.717, 1.165) is 0 Å². The smallest absolute Gasteiger partial charge is 0.330 e. The number of aliphatic hydroxyl groups is 1. The minimum absolute atomic E-state index is 0.00458. The van der Waals surface area contributed by atoms with Gasteiger partial charge in [-0.2, -0.15) is 0 Å². The molecular weight excluding hydrogens is 166 g/mol. The second kappa shape index (κ2) is 9.57. The zero-order chi connectivity index (χ0) is 9.98. The van der Waals surface area contributed by atoms with Crippen molar-refractivity contribution in [2.24, 2.45) is 5.34 Å². The van der Waals surface area contributed by atoms with Gasteiger partial charge in [0.1, 0.15) is 0 Å². The van der Waals surface area contributed by atoms with E-state index >= 15 is 0 Å². The number of carboxylic acids is 1. The monoisotopic (exact) mass is 177 g/mol.